The lowest BCUT2D eigenvalue weighted by Crippen LogP contribution is -2.39. The first kappa shape index (κ1) is 23.8. The summed E-state index contributed by atoms with van der Waals surface area (Å²) in [6.07, 6.45) is 0. The zero-order valence-corrected chi connectivity index (χ0v) is 19.6. The van der Waals surface area contributed by atoms with Crippen LogP contribution in [0.1, 0.15) is 39.8 Å². The summed E-state index contributed by atoms with van der Waals surface area (Å²) in [5.74, 6) is 0.925. The predicted octanol–water partition coefficient (Wildman–Crippen LogP) is 4.13. The Bertz CT molecular complexity index is 1490. The monoisotopic (exact) mass is 484 g/mol. The molecule has 0 saturated carbocycles. The lowest BCUT2D eigenvalue weighted by molar-refractivity contribution is -0.590. The van der Waals surface area contributed by atoms with Crippen LogP contribution in [0.3, 0.4) is 0 Å². The smallest absolute Gasteiger partial charge is 0.390 e. The molecule has 0 spiro atoms. The van der Waals surface area contributed by atoms with E-state index in [0.717, 1.165) is 22.6 Å². The van der Waals surface area contributed by atoms with Gasteiger partial charge in [-0.05, 0) is 43.3 Å². The molecular weight excluding hydrogens is 464 g/mol. The highest BCUT2D eigenvalue weighted by molar-refractivity contribution is 6.35. The maximum absolute atomic E-state index is 13.0. The average molecular weight is 485 g/mol. The van der Waals surface area contributed by atoms with E-state index in [1.165, 1.54) is 0 Å². The summed E-state index contributed by atoms with van der Waals surface area (Å²) in [5, 5.41) is 17.7. The zero-order valence-electron chi connectivity index (χ0n) is 18.8. The number of amides is 1. The molecule has 0 aliphatic carbocycles. The van der Waals surface area contributed by atoms with Crippen molar-refractivity contribution in [1.82, 2.24) is 9.78 Å². The number of carbonyl (C=O) groups is 1. The highest BCUT2D eigenvalue weighted by atomic mass is 35.5. The lowest BCUT2D eigenvalue weighted by Gasteiger charge is -2.12. The first-order valence-corrected chi connectivity index (χ1v) is 11.2. The molecule has 2 heterocycles. The molecule has 1 amide bonds. The predicted molar refractivity (Wildman–Crippen MR) is 131 cm³/mol. The molecule has 8 nitrogen and oxygen atoms in total. The van der Waals surface area contributed by atoms with Crippen LogP contribution in [0.15, 0.2) is 77.8 Å². The first-order chi connectivity index (χ1) is 16.6. The fourth-order valence-electron chi connectivity index (χ4n) is 4.07. The molecule has 3 aromatic carbocycles. The third-order valence-corrected chi connectivity index (χ3v) is 6.00. The number of fused-ring (bicyclic) bond motifs is 3. The summed E-state index contributed by atoms with van der Waals surface area (Å²) < 4.78 is 3.72. The van der Waals surface area contributed by atoms with Gasteiger partial charge in [0.2, 0.25) is 5.82 Å². The van der Waals surface area contributed by atoms with Crippen LogP contribution in [-0.2, 0) is 13.1 Å². The largest absolute Gasteiger partial charge is 0.870 e. The Labute approximate surface area is 207 Å². The maximum Gasteiger partial charge on any atom is 0.390 e. The van der Waals surface area contributed by atoms with Gasteiger partial charge >= 0.3 is 5.95 Å². The number of rotatable bonds is 4. The standard InChI is InChI=1S/C26H19ClN6O.H2O/c1-2-32-23-16-29-24(19-10-6-7-11-21(19)27)20-14-17(15-28)12-13-22(20)33(23)26(31-32)30-25(34)18-8-4-3-5-9-18;/h3-14H,2,16H2,1H3;1H2. The van der Waals surface area contributed by atoms with Crippen LogP contribution < -0.4 is 9.88 Å². The number of hydrogen-bond acceptors (Lipinski definition) is 5. The number of hydrogen-bond donors (Lipinski definition) is 1. The van der Waals surface area contributed by atoms with Gasteiger partial charge in [-0.15, -0.1) is 4.68 Å². The Kier molecular flexibility index (Phi) is 6.73. The van der Waals surface area contributed by atoms with Crippen LogP contribution in [0.25, 0.3) is 5.69 Å². The third-order valence-electron chi connectivity index (χ3n) is 5.67. The van der Waals surface area contributed by atoms with E-state index in [1.54, 1.807) is 24.3 Å². The van der Waals surface area contributed by atoms with Crippen molar-refractivity contribution >= 4 is 29.2 Å². The van der Waals surface area contributed by atoms with Crippen molar-refractivity contribution in [2.24, 2.45) is 4.99 Å². The van der Waals surface area contributed by atoms with E-state index in [0.29, 0.717) is 40.9 Å². The molecule has 9 heteroatoms. The van der Waals surface area contributed by atoms with Gasteiger partial charge in [-0.1, -0.05) is 48.0 Å². The van der Waals surface area contributed by atoms with Crippen molar-refractivity contribution in [2.75, 3.05) is 5.32 Å². The van der Waals surface area contributed by atoms with Gasteiger partial charge in [0, 0.05) is 21.2 Å². The minimum absolute atomic E-state index is 0. The van der Waals surface area contributed by atoms with E-state index in [4.69, 9.17) is 16.6 Å². The molecule has 1 aliphatic rings. The quantitative estimate of drug-likeness (QED) is 0.438. The van der Waals surface area contributed by atoms with Crippen LogP contribution >= 0.6 is 11.6 Å². The summed E-state index contributed by atoms with van der Waals surface area (Å²) >= 11 is 6.54. The number of aryl methyl sites for hydroxylation is 1. The number of nitrogens with zero attached hydrogens (tertiary/aromatic N) is 5. The molecular formula is C26H21ClN6O2. The van der Waals surface area contributed by atoms with Gasteiger partial charge in [0.1, 0.15) is 12.2 Å². The molecule has 0 radical (unpaired) electrons. The SMILES string of the molecule is CCn1nc(NC(=O)c2ccccc2)[n+]2c1CN=C(c1ccccc1Cl)c1cc(C#N)ccc1-2.[OH-]. The summed E-state index contributed by atoms with van der Waals surface area (Å²) in [4.78, 5) is 17.9. The van der Waals surface area contributed by atoms with Gasteiger partial charge in [0.25, 0.3) is 5.91 Å². The fraction of sp³-hybridized carbons (Fsp3) is 0.115. The van der Waals surface area contributed by atoms with E-state index in [-0.39, 0.29) is 11.4 Å². The molecule has 0 atom stereocenters. The second-order valence-corrected chi connectivity index (χ2v) is 8.11. The average Bonchev–Trinajstić information content (AvgIpc) is 3.12. The number of anilines is 1. The molecule has 0 unspecified atom stereocenters. The van der Waals surface area contributed by atoms with E-state index < -0.39 is 0 Å². The third kappa shape index (κ3) is 4.30. The van der Waals surface area contributed by atoms with Crippen molar-refractivity contribution in [1.29, 1.82) is 5.26 Å². The topological polar surface area (TPSA) is 117 Å². The van der Waals surface area contributed by atoms with Crippen LogP contribution in [0.5, 0.6) is 0 Å². The van der Waals surface area contributed by atoms with Crippen LogP contribution in [0.2, 0.25) is 5.02 Å². The Hall–Kier alpha value is -4.32. The summed E-state index contributed by atoms with van der Waals surface area (Å²) in [6, 6.07) is 24.1. The van der Waals surface area contributed by atoms with E-state index in [2.05, 4.69) is 16.5 Å². The molecule has 1 aromatic heterocycles. The zero-order chi connectivity index (χ0) is 23.7. The molecule has 174 valence electrons. The lowest BCUT2D eigenvalue weighted by atomic mass is 9.98. The molecule has 1 aliphatic heterocycles. The van der Waals surface area contributed by atoms with Gasteiger partial charge in [0.15, 0.2) is 0 Å². The van der Waals surface area contributed by atoms with E-state index >= 15 is 0 Å². The van der Waals surface area contributed by atoms with Crippen molar-refractivity contribution < 1.29 is 14.8 Å². The van der Waals surface area contributed by atoms with Crippen molar-refractivity contribution in [3.05, 3.63) is 106 Å². The van der Waals surface area contributed by atoms with Crippen molar-refractivity contribution in [2.45, 2.75) is 20.0 Å². The number of halogens is 1. The van der Waals surface area contributed by atoms with Crippen LogP contribution in [0.4, 0.5) is 5.95 Å². The number of aromatic nitrogens is 3. The Morgan fingerprint density at radius 2 is 1.86 bits per heavy atom. The van der Waals surface area contributed by atoms with Crippen LogP contribution in [-0.4, -0.2) is 26.9 Å². The van der Waals surface area contributed by atoms with Gasteiger partial charge < -0.3 is 5.48 Å². The number of carbonyl (C=O) groups excluding carboxylic acids is 1. The molecule has 0 fully saturated rings. The number of nitrogens with one attached hydrogen (secondary N) is 1. The number of benzene rings is 3. The van der Waals surface area contributed by atoms with Gasteiger partial charge in [-0.25, -0.2) is 5.32 Å². The van der Waals surface area contributed by atoms with Gasteiger partial charge in [0.05, 0.1) is 29.5 Å². The summed E-state index contributed by atoms with van der Waals surface area (Å²) in [5.41, 5.74) is 3.99. The Morgan fingerprint density at radius 1 is 1.11 bits per heavy atom. The Morgan fingerprint density at radius 3 is 2.57 bits per heavy atom. The Balaban J connectivity index is 0.00000289. The van der Waals surface area contributed by atoms with Crippen molar-refractivity contribution in [3.63, 3.8) is 0 Å². The second-order valence-electron chi connectivity index (χ2n) is 7.70. The highest BCUT2D eigenvalue weighted by Crippen LogP contribution is 2.27. The molecule has 0 bridgehead atoms. The minimum atomic E-state index is -0.261. The molecule has 5 rings (SSSR count). The summed E-state index contributed by atoms with van der Waals surface area (Å²) in [7, 11) is 0. The van der Waals surface area contributed by atoms with Gasteiger partial charge in [-0.3, -0.25) is 9.79 Å². The normalized spacial score (nSPS) is 11.7. The van der Waals surface area contributed by atoms with Crippen LogP contribution in [0, 0.1) is 11.3 Å². The maximum atomic E-state index is 13.0. The molecule has 2 N–H and O–H groups in total. The van der Waals surface area contributed by atoms with Crippen molar-refractivity contribution in [3.8, 4) is 11.8 Å². The fourth-order valence-corrected chi connectivity index (χ4v) is 4.29. The number of aliphatic imine (C=N–C) groups is 1. The number of nitriles is 1. The highest BCUT2D eigenvalue weighted by Gasteiger charge is 2.32. The first-order valence-electron chi connectivity index (χ1n) is 10.8. The minimum Gasteiger partial charge on any atom is -0.870 e. The molecule has 35 heavy (non-hydrogen) atoms. The van der Waals surface area contributed by atoms with E-state index in [9.17, 15) is 10.1 Å². The molecule has 0 saturated heterocycles. The van der Waals surface area contributed by atoms with E-state index in [1.807, 2.05) is 64.7 Å². The molecule has 4 aromatic rings. The second kappa shape index (κ2) is 9.89. The van der Waals surface area contributed by atoms with Gasteiger partial charge in [-0.2, -0.15) is 9.83 Å². The summed E-state index contributed by atoms with van der Waals surface area (Å²) in [6.45, 7) is 2.90.